The van der Waals surface area contributed by atoms with Gasteiger partial charge in [-0.3, -0.25) is 5.43 Å². The third kappa shape index (κ3) is 0.924. The lowest BCUT2D eigenvalue weighted by Crippen LogP contribution is -2.27. The van der Waals surface area contributed by atoms with Gasteiger partial charge < -0.3 is 5.43 Å². The zero-order valence-electron chi connectivity index (χ0n) is 4.10. The van der Waals surface area contributed by atoms with Gasteiger partial charge in [-0.2, -0.15) is 0 Å². The summed E-state index contributed by atoms with van der Waals surface area (Å²) in [6, 6.07) is 0. The molecular weight excluding hydrogens is 90.1 g/mol. The van der Waals surface area contributed by atoms with Crippen LogP contribution in [0.1, 0.15) is 6.92 Å². The summed E-state index contributed by atoms with van der Waals surface area (Å²) in [7, 11) is 0. The van der Waals surface area contributed by atoms with E-state index in [-0.39, 0.29) is 0 Å². The van der Waals surface area contributed by atoms with Crippen LogP contribution >= 0.6 is 0 Å². The quantitative estimate of drug-likeness (QED) is 0.446. The zero-order valence-corrected chi connectivity index (χ0v) is 4.10. The number of hydrogen-bond donors (Lipinski definition) is 2. The molecule has 0 bridgehead atoms. The Kier molecular flexibility index (Phi) is 0.978. The summed E-state index contributed by atoms with van der Waals surface area (Å²) in [4.78, 5) is 3.89. The highest BCUT2D eigenvalue weighted by Crippen LogP contribution is 1.89. The number of nitrogens with zero attached hydrogens (tertiary/aromatic N) is 1. The number of nitrogens with one attached hydrogen (secondary N) is 2. The smallest absolute Gasteiger partial charge is 0.107 e. The maximum absolute atomic E-state index is 3.89. The van der Waals surface area contributed by atoms with Crippen LogP contribution in [0, 0.1) is 0 Å². The summed E-state index contributed by atoms with van der Waals surface area (Å²) < 4.78 is 0. The predicted molar refractivity (Wildman–Crippen MR) is 28.5 cm³/mol. The normalized spacial score (nSPS) is 17.0. The first-order valence-electron chi connectivity index (χ1n) is 2.10. The van der Waals surface area contributed by atoms with E-state index in [4.69, 9.17) is 0 Å². The summed E-state index contributed by atoms with van der Waals surface area (Å²) in [5.41, 5.74) is 6.46. The van der Waals surface area contributed by atoms with Gasteiger partial charge in [0.1, 0.15) is 6.34 Å². The van der Waals surface area contributed by atoms with Gasteiger partial charge in [-0.1, -0.05) is 0 Å². The molecule has 3 heteroatoms. The molecule has 1 aliphatic rings. The first kappa shape index (κ1) is 4.18. The largest absolute Gasteiger partial charge is 0.306 e. The molecule has 3 nitrogen and oxygen atoms in total. The second-order valence-electron chi connectivity index (χ2n) is 1.33. The molecule has 38 valence electrons. The lowest BCUT2D eigenvalue weighted by atomic mass is 10.5. The van der Waals surface area contributed by atoms with Crippen molar-refractivity contribution in [2.24, 2.45) is 4.99 Å². The first-order chi connectivity index (χ1) is 3.39. The van der Waals surface area contributed by atoms with E-state index in [0.717, 1.165) is 5.70 Å². The van der Waals surface area contributed by atoms with E-state index < -0.39 is 0 Å². The Balaban J connectivity index is 2.58. The van der Waals surface area contributed by atoms with Crippen molar-refractivity contribution in [3.63, 3.8) is 0 Å². The summed E-state index contributed by atoms with van der Waals surface area (Å²) in [6.45, 7) is 1.92. The second kappa shape index (κ2) is 1.64. The van der Waals surface area contributed by atoms with Crippen LogP contribution in [0.2, 0.25) is 0 Å². The molecule has 0 radical (unpaired) electrons. The van der Waals surface area contributed by atoms with Crippen molar-refractivity contribution in [3.05, 3.63) is 11.9 Å². The molecule has 1 heterocycles. The monoisotopic (exact) mass is 97.1 g/mol. The average molecular weight is 97.1 g/mol. The Morgan fingerprint density at radius 3 is 2.71 bits per heavy atom. The van der Waals surface area contributed by atoms with Gasteiger partial charge in [-0.25, -0.2) is 4.99 Å². The molecule has 7 heavy (non-hydrogen) atoms. The van der Waals surface area contributed by atoms with E-state index in [1.165, 1.54) is 0 Å². The Morgan fingerprint density at radius 1 is 1.57 bits per heavy atom. The van der Waals surface area contributed by atoms with E-state index in [1.54, 1.807) is 12.5 Å². The van der Waals surface area contributed by atoms with Crippen LogP contribution in [0.15, 0.2) is 16.9 Å². The van der Waals surface area contributed by atoms with E-state index in [2.05, 4.69) is 15.8 Å². The van der Waals surface area contributed by atoms with Crippen LogP contribution in [-0.4, -0.2) is 6.34 Å². The summed E-state index contributed by atoms with van der Waals surface area (Å²) >= 11 is 0. The fourth-order valence-electron chi connectivity index (χ4n) is 0.355. The predicted octanol–water partition coefficient (Wildman–Crippen LogP) is -0.0162. The Labute approximate surface area is 42.1 Å². The maximum Gasteiger partial charge on any atom is 0.107 e. The standard InChI is InChI=1S/C4H7N3/c1-4-2-6-7-3-5-4/h2-3,6H,1H3,(H,5,7). The number of hydrazine groups is 1. The maximum atomic E-state index is 3.89. The van der Waals surface area contributed by atoms with Crippen LogP contribution in [0.4, 0.5) is 0 Å². The van der Waals surface area contributed by atoms with Gasteiger partial charge in [0, 0.05) is 6.20 Å². The third-order valence-electron chi connectivity index (χ3n) is 0.697. The van der Waals surface area contributed by atoms with Crippen LogP contribution in [-0.2, 0) is 0 Å². The topological polar surface area (TPSA) is 36.4 Å². The second-order valence-corrected chi connectivity index (χ2v) is 1.33. The van der Waals surface area contributed by atoms with E-state index >= 15 is 0 Å². The summed E-state index contributed by atoms with van der Waals surface area (Å²) in [5, 5.41) is 0. The molecule has 0 aromatic carbocycles. The van der Waals surface area contributed by atoms with Crippen molar-refractivity contribution in [1.82, 2.24) is 10.9 Å². The highest BCUT2D eigenvalue weighted by atomic mass is 15.4. The lowest BCUT2D eigenvalue weighted by molar-refractivity contribution is 0.803. The van der Waals surface area contributed by atoms with Crippen molar-refractivity contribution in [2.45, 2.75) is 6.92 Å². The highest BCUT2D eigenvalue weighted by molar-refractivity contribution is 5.56. The number of aliphatic imine (C=N–C) groups is 1. The van der Waals surface area contributed by atoms with Crippen molar-refractivity contribution in [2.75, 3.05) is 0 Å². The molecule has 0 aromatic rings. The van der Waals surface area contributed by atoms with Crippen LogP contribution in [0.3, 0.4) is 0 Å². The Morgan fingerprint density at radius 2 is 2.43 bits per heavy atom. The van der Waals surface area contributed by atoms with Gasteiger partial charge in [-0.15, -0.1) is 0 Å². The van der Waals surface area contributed by atoms with Crippen molar-refractivity contribution in [3.8, 4) is 0 Å². The third-order valence-corrected chi connectivity index (χ3v) is 0.697. The van der Waals surface area contributed by atoms with Crippen molar-refractivity contribution in [1.29, 1.82) is 0 Å². The number of rotatable bonds is 0. The van der Waals surface area contributed by atoms with Crippen molar-refractivity contribution >= 4 is 6.34 Å². The summed E-state index contributed by atoms with van der Waals surface area (Å²) in [5.74, 6) is 0. The molecule has 0 spiro atoms. The SMILES string of the molecule is CC1=CNNC=N1. The lowest BCUT2D eigenvalue weighted by Gasteiger charge is -2.03. The van der Waals surface area contributed by atoms with Gasteiger partial charge in [-0.05, 0) is 6.92 Å². The van der Waals surface area contributed by atoms with E-state index in [1.807, 2.05) is 6.92 Å². The Hall–Kier alpha value is -0.990. The molecule has 2 N–H and O–H groups in total. The molecule has 0 saturated carbocycles. The average Bonchev–Trinajstić information content (AvgIpc) is 1.69. The molecule has 1 rings (SSSR count). The van der Waals surface area contributed by atoms with Crippen molar-refractivity contribution < 1.29 is 0 Å². The Bertz CT molecular complexity index is 114. The van der Waals surface area contributed by atoms with Gasteiger partial charge >= 0.3 is 0 Å². The van der Waals surface area contributed by atoms with Gasteiger partial charge in [0.05, 0.1) is 5.70 Å². The minimum atomic E-state index is 0.985. The number of hydrogen-bond acceptors (Lipinski definition) is 3. The minimum Gasteiger partial charge on any atom is -0.306 e. The van der Waals surface area contributed by atoms with Crippen LogP contribution in [0.25, 0.3) is 0 Å². The summed E-state index contributed by atoms with van der Waals surface area (Å²) in [6.07, 6.45) is 3.40. The highest BCUT2D eigenvalue weighted by Gasteiger charge is 1.83. The fraction of sp³-hybridized carbons (Fsp3) is 0.250. The molecule has 0 amide bonds. The van der Waals surface area contributed by atoms with Gasteiger partial charge in [0.25, 0.3) is 0 Å². The van der Waals surface area contributed by atoms with E-state index in [9.17, 15) is 0 Å². The van der Waals surface area contributed by atoms with Gasteiger partial charge in [0.2, 0.25) is 0 Å². The molecule has 0 unspecified atom stereocenters. The van der Waals surface area contributed by atoms with Crippen LogP contribution < -0.4 is 10.9 Å². The molecule has 0 aliphatic carbocycles. The fourth-order valence-corrected chi connectivity index (χ4v) is 0.355. The minimum absolute atomic E-state index is 0.985. The van der Waals surface area contributed by atoms with Gasteiger partial charge in [0.15, 0.2) is 0 Å². The molecule has 0 fully saturated rings. The zero-order chi connectivity index (χ0) is 5.11. The first-order valence-corrected chi connectivity index (χ1v) is 2.10. The molecular formula is C4H7N3. The number of allylic oxidation sites excluding steroid dienone is 1. The molecule has 0 atom stereocenters. The molecule has 1 aliphatic heterocycles. The molecule has 0 aromatic heterocycles. The molecule has 0 saturated heterocycles. The van der Waals surface area contributed by atoms with E-state index in [0.29, 0.717) is 0 Å². The van der Waals surface area contributed by atoms with Crippen LogP contribution in [0.5, 0.6) is 0 Å².